The van der Waals surface area contributed by atoms with E-state index in [4.69, 9.17) is 4.74 Å². The summed E-state index contributed by atoms with van der Waals surface area (Å²) in [5, 5.41) is 9.73. The van der Waals surface area contributed by atoms with Crippen molar-refractivity contribution in [1.82, 2.24) is 0 Å². The molecule has 0 aliphatic rings. The van der Waals surface area contributed by atoms with Gasteiger partial charge in [-0.3, -0.25) is 0 Å². The second-order valence-corrected chi connectivity index (χ2v) is 9.38. The maximum Gasteiger partial charge on any atom is 0.348 e. The first-order valence-electron chi connectivity index (χ1n) is 8.77. The summed E-state index contributed by atoms with van der Waals surface area (Å²) < 4.78 is 42.1. The molecule has 3 aromatic rings. The van der Waals surface area contributed by atoms with Crippen molar-refractivity contribution in [2.45, 2.75) is 11.8 Å². The first kappa shape index (κ1) is 21.7. The average Bonchev–Trinajstić information content (AvgIpc) is 3.09. The molecular formula is C21H17FO6S2. The Bertz CT molecular complexity index is 1210. The van der Waals surface area contributed by atoms with Crippen LogP contribution in [0.2, 0.25) is 0 Å². The third-order valence-electron chi connectivity index (χ3n) is 4.27. The number of benzene rings is 2. The molecule has 0 unspecified atom stereocenters. The van der Waals surface area contributed by atoms with E-state index in [1.807, 2.05) is 0 Å². The number of carbonyl (C=O) groups excluding carboxylic acids is 1. The summed E-state index contributed by atoms with van der Waals surface area (Å²) in [6.07, 6.45) is 1.07. The van der Waals surface area contributed by atoms with Crippen molar-refractivity contribution in [3.63, 3.8) is 0 Å². The third kappa shape index (κ3) is 4.27. The van der Waals surface area contributed by atoms with Crippen molar-refractivity contribution >= 4 is 33.1 Å². The molecule has 0 aliphatic carbocycles. The fourth-order valence-corrected chi connectivity index (χ4v) is 4.67. The maximum atomic E-state index is 13.4. The Labute approximate surface area is 176 Å². The van der Waals surface area contributed by atoms with Gasteiger partial charge in [0, 0.05) is 17.4 Å². The number of esters is 1. The lowest BCUT2D eigenvalue weighted by molar-refractivity contribution is 0.0532. The fraction of sp³-hybridized carbons (Fsp3) is 0.143. The molecule has 1 aromatic heterocycles. The second-order valence-electron chi connectivity index (χ2n) is 6.34. The zero-order chi connectivity index (χ0) is 22.1. The number of hydrogen-bond acceptors (Lipinski definition) is 6. The molecule has 9 heteroatoms. The van der Waals surface area contributed by atoms with E-state index in [9.17, 15) is 27.5 Å². The normalized spacial score (nSPS) is 11.3. The van der Waals surface area contributed by atoms with Crippen molar-refractivity contribution in [3.8, 4) is 22.3 Å². The highest BCUT2D eigenvalue weighted by atomic mass is 32.2. The van der Waals surface area contributed by atoms with E-state index in [0.717, 1.165) is 17.6 Å². The molecule has 0 radical (unpaired) electrons. The molecular weight excluding hydrogens is 431 g/mol. The Morgan fingerprint density at radius 1 is 0.967 bits per heavy atom. The molecule has 1 N–H and O–H groups in total. The number of aromatic carboxylic acids is 1. The van der Waals surface area contributed by atoms with Crippen LogP contribution in [-0.2, 0) is 14.6 Å². The molecule has 0 fully saturated rings. The van der Waals surface area contributed by atoms with Crippen LogP contribution < -0.4 is 0 Å². The predicted octanol–water partition coefficient (Wildman–Crippen LogP) is 4.50. The van der Waals surface area contributed by atoms with Crippen LogP contribution in [0.25, 0.3) is 22.3 Å². The van der Waals surface area contributed by atoms with E-state index >= 15 is 0 Å². The van der Waals surface area contributed by atoms with Crippen LogP contribution in [0, 0.1) is 5.82 Å². The standard InChI is InChI=1S/C21H17FO6S2/c1-3-28-21(25)19-17(13-6-10-15(11-7-13)30(2,26)27)16(18(29-19)20(23)24)12-4-8-14(22)9-5-12/h4-11H,3H2,1-2H3,(H,23,24). The Morgan fingerprint density at radius 3 is 1.93 bits per heavy atom. The van der Waals surface area contributed by atoms with Gasteiger partial charge in [0.15, 0.2) is 9.84 Å². The number of hydrogen-bond donors (Lipinski definition) is 1. The van der Waals surface area contributed by atoms with Gasteiger partial charge in [-0.2, -0.15) is 0 Å². The first-order valence-corrected chi connectivity index (χ1v) is 11.5. The SMILES string of the molecule is CCOC(=O)c1sc(C(=O)O)c(-c2ccc(F)cc2)c1-c1ccc(S(C)(=O)=O)cc1. The minimum Gasteiger partial charge on any atom is -0.477 e. The first-order chi connectivity index (χ1) is 14.1. The van der Waals surface area contributed by atoms with Crippen molar-refractivity contribution in [2.75, 3.05) is 12.9 Å². The summed E-state index contributed by atoms with van der Waals surface area (Å²) in [4.78, 5) is 24.6. The Balaban J connectivity index is 2.33. The molecule has 0 spiro atoms. The van der Waals surface area contributed by atoms with Gasteiger partial charge in [-0.25, -0.2) is 22.4 Å². The van der Waals surface area contributed by atoms with Crippen LogP contribution in [0.1, 0.15) is 26.3 Å². The van der Waals surface area contributed by atoms with Crippen LogP contribution in [0.5, 0.6) is 0 Å². The molecule has 2 aromatic carbocycles. The van der Waals surface area contributed by atoms with Crippen molar-refractivity contribution in [1.29, 1.82) is 0 Å². The summed E-state index contributed by atoms with van der Waals surface area (Å²) in [5.41, 5.74) is 1.38. The highest BCUT2D eigenvalue weighted by Crippen LogP contribution is 2.44. The molecule has 0 saturated heterocycles. The topological polar surface area (TPSA) is 97.7 Å². The van der Waals surface area contributed by atoms with Gasteiger partial charge in [0.25, 0.3) is 0 Å². The summed E-state index contributed by atoms with van der Waals surface area (Å²) in [5.74, 6) is -2.43. The number of sulfone groups is 1. The molecule has 3 rings (SSSR count). The number of halogens is 1. The van der Waals surface area contributed by atoms with Crippen molar-refractivity contribution < 1.29 is 32.2 Å². The zero-order valence-corrected chi connectivity index (χ0v) is 17.6. The average molecular weight is 448 g/mol. The van der Waals surface area contributed by atoms with Gasteiger partial charge in [-0.1, -0.05) is 24.3 Å². The summed E-state index contributed by atoms with van der Waals surface area (Å²) >= 11 is 0.760. The quantitative estimate of drug-likeness (QED) is 0.558. The van der Waals surface area contributed by atoms with E-state index in [1.54, 1.807) is 6.92 Å². The van der Waals surface area contributed by atoms with Gasteiger partial charge < -0.3 is 9.84 Å². The Morgan fingerprint density at radius 2 is 1.47 bits per heavy atom. The van der Waals surface area contributed by atoms with E-state index in [2.05, 4.69) is 0 Å². The van der Waals surface area contributed by atoms with Crippen molar-refractivity contribution in [2.24, 2.45) is 0 Å². The number of carboxylic acids is 1. The molecule has 0 bridgehead atoms. The van der Waals surface area contributed by atoms with Crippen LogP contribution in [-0.4, -0.2) is 38.3 Å². The van der Waals surface area contributed by atoms with Crippen LogP contribution >= 0.6 is 11.3 Å². The number of thiophene rings is 1. The minimum absolute atomic E-state index is 0.0701. The molecule has 0 amide bonds. The summed E-state index contributed by atoms with van der Waals surface area (Å²) in [6.45, 7) is 1.72. The molecule has 0 saturated carbocycles. The largest absolute Gasteiger partial charge is 0.477 e. The molecule has 30 heavy (non-hydrogen) atoms. The lowest BCUT2D eigenvalue weighted by Gasteiger charge is -2.10. The molecule has 6 nitrogen and oxygen atoms in total. The molecule has 156 valence electrons. The number of carboxylic acid groups (broad SMARTS) is 1. The smallest absolute Gasteiger partial charge is 0.348 e. The van der Waals surface area contributed by atoms with Crippen molar-refractivity contribution in [3.05, 3.63) is 64.1 Å². The van der Waals surface area contributed by atoms with E-state index in [0.29, 0.717) is 16.7 Å². The lowest BCUT2D eigenvalue weighted by atomic mass is 9.94. The lowest BCUT2D eigenvalue weighted by Crippen LogP contribution is -2.04. The summed E-state index contributed by atoms with van der Waals surface area (Å²) in [7, 11) is -3.44. The number of ether oxygens (including phenoxy) is 1. The second kappa shape index (κ2) is 8.37. The van der Waals surface area contributed by atoms with Gasteiger partial charge in [0.1, 0.15) is 15.6 Å². The summed E-state index contributed by atoms with van der Waals surface area (Å²) in [6, 6.07) is 11.0. The zero-order valence-electron chi connectivity index (χ0n) is 16.0. The molecule has 1 heterocycles. The van der Waals surface area contributed by atoms with Gasteiger partial charge in [0.2, 0.25) is 0 Å². The predicted molar refractivity (Wildman–Crippen MR) is 111 cm³/mol. The van der Waals surface area contributed by atoms with Crippen LogP contribution in [0.3, 0.4) is 0 Å². The fourth-order valence-electron chi connectivity index (χ4n) is 2.96. The van der Waals surface area contributed by atoms with Gasteiger partial charge >= 0.3 is 11.9 Å². The highest BCUT2D eigenvalue weighted by molar-refractivity contribution is 7.90. The maximum absolute atomic E-state index is 13.4. The van der Waals surface area contributed by atoms with Crippen LogP contribution in [0.15, 0.2) is 53.4 Å². The Kier molecular flexibility index (Phi) is 6.04. The van der Waals surface area contributed by atoms with Crippen LogP contribution in [0.4, 0.5) is 4.39 Å². The number of rotatable bonds is 6. The highest BCUT2D eigenvalue weighted by Gasteiger charge is 2.29. The van der Waals surface area contributed by atoms with E-state index < -0.39 is 27.6 Å². The van der Waals surface area contributed by atoms with Gasteiger partial charge in [0.05, 0.1) is 11.5 Å². The van der Waals surface area contributed by atoms with E-state index in [-0.39, 0.29) is 26.8 Å². The monoisotopic (exact) mass is 448 g/mol. The minimum atomic E-state index is -3.44. The molecule has 0 aliphatic heterocycles. The van der Waals surface area contributed by atoms with Gasteiger partial charge in [-0.15, -0.1) is 11.3 Å². The molecule has 0 atom stereocenters. The van der Waals surface area contributed by atoms with Gasteiger partial charge in [-0.05, 0) is 42.3 Å². The Hall–Kier alpha value is -3.04. The third-order valence-corrected chi connectivity index (χ3v) is 6.55. The van der Waals surface area contributed by atoms with E-state index in [1.165, 1.54) is 48.5 Å². The number of carbonyl (C=O) groups is 2.